The monoisotopic (exact) mass is 607 g/mol. The molecular weight excluding hydrogens is 578 g/mol. The molecule has 206 valence electrons. The van der Waals surface area contributed by atoms with Crippen molar-refractivity contribution in [1.82, 2.24) is 9.99 Å². The maximum absolute atomic E-state index is 12.8. The molecule has 1 heterocycles. The van der Waals surface area contributed by atoms with Gasteiger partial charge in [0.05, 0.1) is 18.5 Å². The molecule has 0 aliphatic heterocycles. The average Bonchev–Trinajstić information content (AvgIpc) is 3.39. The van der Waals surface area contributed by atoms with Gasteiger partial charge in [0.1, 0.15) is 6.61 Å². The van der Waals surface area contributed by atoms with E-state index in [9.17, 15) is 4.79 Å². The smallest absolute Gasteiger partial charge is 0.271 e. The molecule has 7 heteroatoms. The zero-order chi connectivity index (χ0) is 28.6. The fraction of sp³-hybridized carbons (Fsp3) is 0.118. The summed E-state index contributed by atoms with van der Waals surface area (Å²) in [5.74, 6) is 0.967. The lowest BCUT2D eigenvalue weighted by Crippen LogP contribution is -2.17. The summed E-state index contributed by atoms with van der Waals surface area (Å²) in [4.78, 5) is 12.8. The Morgan fingerprint density at radius 1 is 0.878 bits per heavy atom. The van der Waals surface area contributed by atoms with E-state index < -0.39 is 0 Å². The Balaban J connectivity index is 1.23. The summed E-state index contributed by atoms with van der Waals surface area (Å²) in [5, 5.41) is 4.16. The number of hydrogen-bond acceptors (Lipinski definition) is 4. The highest BCUT2D eigenvalue weighted by atomic mass is 79.9. The van der Waals surface area contributed by atoms with Gasteiger partial charge in [-0.15, -0.1) is 0 Å². The summed E-state index contributed by atoms with van der Waals surface area (Å²) in [6.45, 7) is 4.91. The van der Waals surface area contributed by atoms with E-state index in [1.54, 1.807) is 18.3 Å². The molecule has 0 saturated heterocycles. The predicted molar refractivity (Wildman–Crippen MR) is 167 cm³/mol. The molecule has 0 spiro atoms. The summed E-state index contributed by atoms with van der Waals surface area (Å²) in [6, 6.07) is 35.5. The van der Waals surface area contributed by atoms with Crippen molar-refractivity contribution in [3.05, 3.63) is 136 Å². The number of nitrogens with zero attached hydrogens (tertiary/aromatic N) is 2. The maximum atomic E-state index is 12.8. The SMILES string of the molecule is CCOc1cc(/C=N/NC(=O)c2ccc(-n3c(C)ccc3-c3ccccc3)cc2)ccc1OCc1ccc(Br)cc1. The zero-order valence-electron chi connectivity index (χ0n) is 22.9. The number of benzene rings is 4. The molecule has 1 N–H and O–H groups in total. The van der Waals surface area contributed by atoms with Gasteiger partial charge in [-0.3, -0.25) is 4.79 Å². The first kappa shape index (κ1) is 27.9. The van der Waals surface area contributed by atoms with Crippen LogP contribution in [-0.2, 0) is 6.61 Å². The molecular formula is C34H30BrN3O3. The highest BCUT2D eigenvalue weighted by Crippen LogP contribution is 2.29. The average molecular weight is 609 g/mol. The Morgan fingerprint density at radius 3 is 2.37 bits per heavy atom. The molecule has 4 aromatic carbocycles. The highest BCUT2D eigenvalue weighted by Gasteiger charge is 2.11. The molecule has 0 unspecified atom stereocenters. The van der Waals surface area contributed by atoms with Crippen LogP contribution in [0.25, 0.3) is 16.9 Å². The van der Waals surface area contributed by atoms with Gasteiger partial charge in [-0.1, -0.05) is 58.4 Å². The van der Waals surface area contributed by atoms with Crippen molar-refractivity contribution in [1.29, 1.82) is 0 Å². The number of ether oxygens (including phenoxy) is 2. The quantitative estimate of drug-likeness (QED) is 0.129. The fourth-order valence-corrected chi connectivity index (χ4v) is 4.71. The molecule has 0 atom stereocenters. The van der Waals surface area contributed by atoms with Crippen LogP contribution in [0.2, 0.25) is 0 Å². The van der Waals surface area contributed by atoms with Crippen LogP contribution in [0.4, 0.5) is 0 Å². The topological polar surface area (TPSA) is 64.8 Å². The van der Waals surface area contributed by atoms with Crippen molar-refractivity contribution in [3.63, 3.8) is 0 Å². The molecule has 1 amide bonds. The van der Waals surface area contributed by atoms with Crippen molar-refractivity contribution in [3.8, 4) is 28.4 Å². The molecule has 41 heavy (non-hydrogen) atoms. The minimum Gasteiger partial charge on any atom is -0.490 e. The summed E-state index contributed by atoms with van der Waals surface area (Å²) in [6.07, 6.45) is 1.59. The van der Waals surface area contributed by atoms with E-state index >= 15 is 0 Å². The number of carbonyl (C=O) groups is 1. The van der Waals surface area contributed by atoms with Crippen LogP contribution in [0.1, 0.15) is 34.1 Å². The van der Waals surface area contributed by atoms with Gasteiger partial charge in [-0.25, -0.2) is 5.43 Å². The zero-order valence-corrected chi connectivity index (χ0v) is 24.5. The van der Waals surface area contributed by atoms with Crippen LogP contribution in [0.3, 0.4) is 0 Å². The van der Waals surface area contributed by atoms with E-state index in [-0.39, 0.29) is 5.91 Å². The summed E-state index contributed by atoms with van der Waals surface area (Å²) >= 11 is 3.45. The number of rotatable bonds is 10. The van der Waals surface area contributed by atoms with Crippen LogP contribution >= 0.6 is 15.9 Å². The molecule has 0 aliphatic carbocycles. The van der Waals surface area contributed by atoms with Gasteiger partial charge in [0, 0.05) is 21.4 Å². The lowest BCUT2D eigenvalue weighted by molar-refractivity contribution is 0.0955. The number of carbonyl (C=O) groups excluding carboxylic acids is 1. The standard InChI is InChI=1S/C34H30BrN3O3/c1-3-40-33-21-26(12-20-32(33)41-23-25-10-15-29(35)16-11-25)22-36-37-34(39)28-13-17-30(18-14-28)38-24(2)9-19-31(38)27-7-5-4-6-8-27/h4-22H,3,23H2,1-2H3,(H,37,39)/b36-22+. The Morgan fingerprint density at radius 2 is 1.63 bits per heavy atom. The van der Waals surface area contributed by atoms with Gasteiger partial charge < -0.3 is 14.0 Å². The lowest BCUT2D eigenvalue weighted by atomic mass is 10.1. The van der Waals surface area contributed by atoms with E-state index in [1.165, 1.54) is 0 Å². The van der Waals surface area contributed by atoms with Crippen molar-refractivity contribution in [2.24, 2.45) is 5.10 Å². The number of hydrogen-bond donors (Lipinski definition) is 1. The molecule has 0 saturated carbocycles. The third kappa shape index (κ3) is 6.94. The molecule has 0 fully saturated rings. The second-order valence-corrected chi connectivity index (χ2v) is 10.3. The maximum Gasteiger partial charge on any atom is 0.271 e. The van der Waals surface area contributed by atoms with Gasteiger partial charge in [-0.2, -0.15) is 5.10 Å². The van der Waals surface area contributed by atoms with E-state index in [0.717, 1.165) is 38.2 Å². The molecule has 5 aromatic rings. The number of halogens is 1. The molecule has 6 nitrogen and oxygen atoms in total. The van der Waals surface area contributed by atoms with Gasteiger partial charge in [-0.05, 0) is 97.3 Å². The first-order valence-electron chi connectivity index (χ1n) is 13.3. The van der Waals surface area contributed by atoms with E-state index in [2.05, 4.69) is 62.2 Å². The molecule has 0 bridgehead atoms. The summed E-state index contributed by atoms with van der Waals surface area (Å²) in [7, 11) is 0. The van der Waals surface area contributed by atoms with Gasteiger partial charge in [0.2, 0.25) is 0 Å². The Kier molecular flexibility index (Phi) is 8.96. The van der Waals surface area contributed by atoms with Crippen molar-refractivity contribution in [2.75, 3.05) is 6.61 Å². The number of aryl methyl sites for hydroxylation is 1. The Bertz CT molecular complexity index is 1640. The summed E-state index contributed by atoms with van der Waals surface area (Å²) in [5.41, 5.74) is 9.29. The minimum absolute atomic E-state index is 0.292. The number of nitrogens with one attached hydrogen (secondary N) is 1. The van der Waals surface area contributed by atoms with Crippen LogP contribution < -0.4 is 14.9 Å². The number of hydrazone groups is 1. The number of amides is 1. The van der Waals surface area contributed by atoms with Crippen molar-refractivity contribution >= 4 is 28.1 Å². The largest absolute Gasteiger partial charge is 0.490 e. The van der Waals surface area contributed by atoms with E-state index in [1.807, 2.05) is 79.7 Å². The van der Waals surface area contributed by atoms with Gasteiger partial charge in [0.15, 0.2) is 11.5 Å². The van der Waals surface area contributed by atoms with Crippen molar-refractivity contribution < 1.29 is 14.3 Å². The molecule has 0 radical (unpaired) electrons. The second kappa shape index (κ2) is 13.2. The van der Waals surface area contributed by atoms with E-state index in [4.69, 9.17) is 9.47 Å². The summed E-state index contributed by atoms with van der Waals surface area (Å²) < 4.78 is 15.0. The number of aromatic nitrogens is 1. The van der Waals surface area contributed by atoms with Crippen LogP contribution in [0, 0.1) is 6.92 Å². The molecule has 5 rings (SSSR count). The van der Waals surface area contributed by atoms with Crippen LogP contribution in [0.15, 0.2) is 119 Å². The first-order valence-corrected chi connectivity index (χ1v) is 14.1. The normalized spacial score (nSPS) is 11.0. The third-order valence-corrected chi connectivity index (χ3v) is 7.02. The lowest BCUT2D eigenvalue weighted by Gasteiger charge is -2.13. The predicted octanol–water partition coefficient (Wildman–Crippen LogP) is 7.96. The minimum atomic E-state index is -0.292. The van der Waals surface area contributed by atoms with Gasteiger partial charge >= 0.3 is 0 Å². The highest BCUT2D eigenvalue weighted by molar-refractivity contribution is 9.10. The van der Waals surface area contributed by atoms with E-state index in [0.29, 0.717) is 30.3 Å². The fourth-order valence-electron chi connectivity index (χ4n) is 4.44. The molecule has 0 aliphatic rings. The van der Waals surface area contributed by atoms with Crippen molar-refractivity contribution in [2.45, 2.75) is 20.5 Å². The Labute approximate surface area is 248 Å². The molecule has 1 aromatic heterocycles. The second-order valence-electron chi connectivity index (χ2n) is 9.36. The third-order valence-electron chi connectivity index (χ3n) is 6.49. The van der Waals surface area contributed by atoms with Crippen LogP contribution in [0.5, 0.6) is 11.5 Å². The Hall–Kier alpha value is -4.62. The van der Waals surface area contributed by atoms with Crippen LogP contribution in [-0.4, -0.2) is 23.3 Å². The first-order chi connectivity index (χ1) is 20.0. The van der Waals surface area contributed by atoms with Gasteiger partial charge in [0.25, 0.3) is 5.91 Å².